The van der Waals surface area contributed by atoms with Crippen LogP contribution in [0.3, 0.4) is 0 Å². The second-order valence-corrected chi connectivity index (χ2v) is 5.05. The molecule has 0 unspecified atom stereocenters. The van der Waals surface area contributed by atoms with Gasteiger partial charge in [-0.25, -0.2) is 4.98 Å². The van der Waals surface area contributed by atoms with Crippen molar-refractivity contribution in [2.75, 3.05) is 5.43 Å². The minimum Gasteiger partial charge on any atom is -0.262 e. The molecule has 0 saturated carbocycles. The van der Waals surface area contributed by atoms with E-state index in [-0.39, 0.29) is 0 Å². The zero-order valence-corrected chi connectivity index (χ0v) is 12.5. The molecule has 110 valence electrons. The second kappa shape index (κ2) is 6.87. The molecule has 3 rings (SSSR count). The number of amidine groups is 1. The molecule has 3 aromatic rings. The molecule has 0 bridgehead atoms. The van der Waals surface area contributed by atoms with Gasteiger partial charge in [-0.05, 0) is 29.8 Å². The molecular formula is C16H14ClN5. The van der Waals surface area contributed by atoms with Gasteiger partial charge in [0.25, 0.3) is 0 Å². The highest BCUT2D eigenvalue weighted by molar-refractivity contribution is 6.30. The molecule has 0 saturated heterocycles. The minimum atomic E-state index is 0.570. The van der Waals surface area contributed by atoms with Crippen LogP contribution in [0.5, 0.6) is 0 Å². The van der Waals surface area contributed by atoms with Crippen LogP contribution in [-0.4, -0.2) is 20.7 Å². The fraction of sp³-hybridized carbons (Fsp3) is 0.0625. The third-order valence-corrected chi connectivity index (χ3v) is 3.27. The first-order valence-electron chi connectivity index (χ1n) is 6.77. The summed E-state index contributed by atoms with van der Waals surface area (Å²) in [6.07, 6.45) is 3.04. The van der Waals surface area contributed by atoms with Gasteiger partial charge in [0, 0.05) is 10.6 Å². The summed E-state index contributed by atoms with van der Waals surface area (Å²) in [7, 11) is 0. The molecule has 6 heteroatoms. The molecule has 1 heterocycles. The number of benzene rings is 2. The van der Waals surface area contributed by atoms with Gasteiger partial charge in [0.1, 0.15) is 18.5 Å². The summed E-state index contributed by atoms with van der Waals surface area (Å²) in [4.78, 5) is 10.1. The van der Waals surface area contributed by atoms with Crippen molar-refractivity contribution in [3.8, 4) is 0 Å². The average molecular weight is 312 g/mol. The van der Waals surface area contributed by atoms with Crippen molar-refractivity contribution in [3.63, 3.8) is 0 Å². The predicted octanol–water partition coefficient (Wildman–Crippen LogP) is 3.12. The smallest absolute Gasteiger partial charge is 0.149 e. The third-order valence-electron chi connectivity index (χ3n) is 3.02. The molecule has 0 aliphatic carbocycles. The third kappa shape index (κ3) is 3.71. The van der Waals surface area contributed by atoms with Gasteiger partial charge in [0.15, 0.2) is 0 Å². The Morgan fingerprint density at radius 2 is 1.86 bits per heavy atom. The summed E-state index contributed by atoms with van der Waals surface area (Å²) in [6, 6.07) is 17.6. The van der Waals surface area contributed by atoms with Gasteiger partial charge in [0.05, 0.1) is 6.54 Å². The van der Waals surface area contributed by atoms with E-state index in [1.54, 1.807) is 6.33 Å². The molecule has 0 aliphatic heterocycles. The van der Waals surface area contributed by atoms with E-state index in [2.05, 4.69) is 20.5 Å². The molecule has 22 heavy (non-hydrogen) atoms. The molecule has 0 aliphatic rings. The highest BCUT2D eigenvalue weighted by Gasteiger charge is 2.04. The standard InChI is InChI=1S/C16H14ClN5/c17-15-8-6-14(7-9-15)16(21-22-12-18-11-20-22)19-10-13-4-2-1-3-5-13/h1-9,11-12H,10H2,(H,19,21). The molecule has 0 amide bonds. The monoisotopic (exact) mass is 311 g/mol. The highest BCUT2D eigenvalue weighted by atomic mass is 35.5. The molecule has 0 atom stereocenters. The van der Waals surface area contributed by atoms with Gasteiger partial charge < -0.3 is 0 Å². The Morgan fingerprint density at radius 3 is 2.55 bits per heavy atom. The van der Waals surface area contributed by atoms with Crippen molar-refractivity contribution in [3.05, 3.63) is 83.4 Å². The summed E-state index contributed by atoms with van der Waals surface area (Å²) in [5.74, 6) is 0.700. The molecule has 2 aromatic carbocycles. The number of aliphatic imine (C=N–C) groups is 1. The number of halogens is 1. The minimum absolute atomic E-state index is 0.570. The van der Waals surface area contributed by atoms with Crippen LogP contribution < -0.4 is 5.43 Å². The Morgan fingerprint density at radius 1 is 1.09 bits per heavy atom. The van der Waals surface area contributed by atoms with E-state index >= 15 is 0 Å². The first kappa shape index (κ1) is 14.3. The van der Waals surface area contributed by atoms with Gasteiger partial charge in [-0.2, -0.15) is 4.79 Å². The van der Waals surface area contributed by atoms with E-state index in [0.29, 0.717) is 17.4 Å². The van der Waals surface area contributed by atoms with Crippen molar-refractivity contribution < 1.29 is 0 Å². The Labute approximate surface area is 133 Å². The van der Waals surface area contributed by atoms with E-state index in [4.69, 9.17) is 11.6 Å². The zero-order valence-electron chi connectivity index (χ0n) is 11.7. The molecule has 1 aromatic heterocycles. The van der Waals surface area contributed by atoms with Gasteiger partial charge in [-0.15, -0.1) is 5.10 Å². The van der Waals surface area contributed by atoms with Crippen LogP contribution in [0.2, 0.25) is 5.02 Å². The first-order valence-corrected chi connectivity index (χ1v) is 7.15. The Balaban J connectivity index is 1.86. The fourth-order valence-corrected chi connectivity index (χ4v) is 2.05. The first-order chi connectivity index (χ1) is 10.8. The number of aromatic nitrogens is 3. The molecule has 5 nitrogen and oxygen atoms in total. The summed E-state index contributed by atoms with van der Waals surface area (Å²) in [5, 5.41) is 4.73. The number of nitrogens with one attached hydrogen (secondary N) is 1. The number of rotatable bonds is 4. The van der Waals surface area contributed by atoms with Crippen molar-refractivity contribution in [2.24, 2.45) is 4.99 Å². The Kier molecular flexibility index (Phi) is 4.46. The number of hydrogen-bond donors (Lipinski definition) is 1. The fourth-order valence-electron chi connectivity index (χ4n) is 1.93. The molecule has 1 N–H and O–H groups in total. The van der Waals surface area contributed by atoms with Crippen molar-refractivity contribution in [1.29, 1.82) is 0 Å². The molecule has 0 radical (unpaired) electrons. The van der Waals surface area contributed by atoms with Gasteiger partial charge in [-0.1, -0.05) is 41.9 Å². The highest BCUT2D eigenvalue weighted by Crippen LogP contribution is 2.11. The molecular weight excluding hydrogens is 298 g/mol. The molecule has 0 spiro atoms. The van der Waals surface area contributed by atoms with Crippen LogP contribution in [-0.2, 0) is 6.54 Å². The number of nitrogens with zero attached hydrogens (tertiary/aromatic N) is 4. The summed E-state index contributed by atoms with van der Waals surface area (Å²) in [5.41, 5.74) is 5.18. The maximum Gasteiger partial charge on any atom is 0.149 e. The topological polar surface area (TPSA) is 55.1 Å². The lowest BCUT2D eigenvalue weighted by atomic mass is 10.2. The van der Waals surface area contributed by atoms with E-state index in [9.17, 15) is 0 Å². The SMILES string of the molecule is Clc1ccc(C(=NCc2ccccc2)Nn2cncn2)cc1. The van der Waals surface area contributed by atoms with E-state index < -0.39 is 0 Å². The van der Waals surface area contributed by atoms with Gasteiger partial charge >= 0.3 is 0 Å². The lowest BCUT2D eigenvalue weighted by Crippen LogP contribution is -2.24. The summed E-state index contributed by atoms with van der Waals surface area (Å²) >= 11 is 5.94. The normalized spacial score (nSPS) is 11.4. The van der Waals surface area contributed by atoms with Crippen LogP contribution in [0.15, 0.2) is 72.2 Å². The zero-order chi connectivity index (χ0) is 15.2. The summed E-state index contributed by atoms with van der Waals surface area (Å²) in [6.45, 7) is 0.570. The van der Waals surface area contributed by atoms with E-state index in [1.165, 1.54) is 11.1 Å². The quantitative estimate of drug-likeness (QED) is 0.595. The van der Waals surface area contributed by atoms with Crippen LogP contribution in [0.4, 0.5) is 0 Å². The second-order valence-electron chi connectivity index (χ2n) is 4.61. The van der Waals surface area contributed by atoms with Crippen molar-refractivity contribution in [1.82, 2.24) is 14.9 Å². The Hall–Kier alpha value is -2.66. The van der Waals surface area contributed by atoms with Gasteiger partial charge in [-0.3, -0.25) is 10.4 Å². The van der Waals surface area contributed by atoms with Crippen molar-refractivity contribution in [2.45, 2.75) is 6.54 Å². The maximum absolute atomic E-state index is 5.94. The van der Waals surface area contributed by atoms with E-state index in [0.717, 1.165) is 11.1 Å². The number of hydrogen-bond acceptors (Lipinski definition) is 3. The Bertz CT molecular complexity index is 736. The van der Waals surface area contributed by atoms with Crippen LogP contribution in [0.1, 0.15) is 11.1 Å². The van der Waals surface area contributed by atoms with E-state index in [1.807, 2.05) is 54.6 Å². The summed E-state index contributed by atoms with van der Waals surface area (Å²) < 4.78 is 0. The average Bonchev–Trinajstić information content (AvgIpc) is 3.06. The lowest BCUT2D eigenvalue weighted by Gasteiger charge is -2.10. The largest absolute Gasteiger partial charge is 0.262 e. The van der Waals surface area contributed by atoms with Gasteiger partial charge in [0.2, 0.25) is 0 Å². The lowest BCUT2D eigenvalue weighted by molar-refractivity contribution is 0.809. The van der Waals surface area contributed by atoms with Crippen molar-refractivity contribution >= 4 is 17.4 Å². The predicted molar refractivity (Wildman–Crippen MR) is 87.5 cm³/mol. The van der Waals surface area contributed by atoms with Crippen LogP contribution in [0, 0.1) is 0 Å². The maximum atomic E-state index is 5.94. The molecule has 0 fully saturated rings. The van der Waals surface area contributed by atoms with Crippen LogP contribution >= 0.6 is 11.6 Å². The van der Waals surface area contributed by atoms with Crippen LogP contribution in [0.25, 0.3) is 0 Å².